The molecule has 4 aromatic rings. The summed E-state index contributed by atoms with van der Waals surface area (Å²) < 4.78 is 22.7. The number of aromatic amines is 1. The van der Waals surface area contributed by atoms with Crippen LogP contribution < -0.4 is 18.9 Å². The number of H-pyrrole nitrogens is 1. The van der Waals surface area contributed by atoms with Gasteiger partial charge in [-0.05, 0) is 85.2 Å². The van der Waals surface area contributed by atoms with Crippen molar-refractivity contribution < 1.29 is 28.8 Å². The molecule has 0 fully saturated rings. The fraction of sp³-hybridized carbons (Fsp3) is 0.371. The van der Waals surface area contributed by atoms with Crippen molar-refractivity contribution in [2.75, 3.05) is 34.5 Å². The molecular formula is C35H41N3O6. The number of aryl methyl sites for hydroxylation is 2. The Morgan fingerprint density at radius 1 is 0.932 bits per heavy atom. The van der Waals surface area contributed by atoms with Crippen molar-refractivity contribution in [2.24, 2.45) is 5.92 Å². The highest BCUT2D eigenvalue weighted by Gasteiger charge is 2.43. The number of aromatic nitrogens is 2. The van der Waals surface area contributed by atoms with Gasteiger partial charge in [-0.15, -0.1) is 0 Å². The van der Waals surface area contributed by atoms with Crippen LogP contribution in [0.3, 0.4) is 0 Å². The lowest BCUT2D eigenvalue weighted by atomic mass is 9.93. The Morgan fingerprint density at radius 2 is 1.64 bits per heavy atom. The van der Waals surface area contributed by atoms with Gasteiger partial charge in [0, 0.05) is 17.7 Å². The van der Waals surface area contributed by atoms with Crippen molar-refractivity contribution in [3.05, 3.63) is 82.0 Å². The van der Waals surface area contributed by atoms with Gasteiger partial charge in [-0.3, -0.25) is 9.89 Å². The molecule has 0 bridgehead atoms. The molecule has 1 aromatic heterocycles. The molecule has 9 heteroatoms. The maximum atomic E-state index is 14.0. The molecule has 9 nitrogen and oxygen atoms in total. The average Bonchev–Trinajstić information content (AvgIpc) is 3.53. The molecule has 232 valence electrons. The lowest BCUT2D eigenvalue weighted by Gasteiger charge is -2.27. The number of phenols is 1. The summed E-state index contributed by atoms with van der Waals surface area (Å²) in [6.07, 6.45) is 1.51. The fourth-order valence-electron chi connectivity index (χ4n) is 5.88. The summed E-state index contributed by atoms with van der Waals surface area (Å²) in [7, 11) is 4.83. The molecular weight excluding hydrogens is 558 g/mol. The summed E-state index contributed by atoms with van der Waals surface area (Å²) >= 11 is 0. The quantitative estimate of drug-likeness (QED) is 0.188. The van der Waals surface area contributed by atoms with Gasteiger partial charge < -0.3 is 29.0 Å². The van der Waals surface area contributed by atoms with Crippen molar-refractivity contribution in [1.29, 1.82) is 0 Å². The van der Waals surface area contributed by atoms with E-state index in [-0.39, 0.29) is 11.7 Å². The number of ether oxygens (including phenoxy) is 4. The Balaban J connectivity index is 1.57. The molecule has 1 amide bonds. The maximum absolute atomic E-state index is 14.0. The van der Waals surface area contributed by atoms with Crippen LogP contribution in [-0.4, -0.2) is 60.6 Å². The molecule has 1 atom stereocenters. The van der Waals surface area contributed by atoms with Crippen LogP contribution in [0.5, 0.6) is 28.7 Å². The number of methoxy groups -OCH3 is 3. The summed E-state index contributed by atoms with van der Waals surface area (Å²) in [6.45, 7) is 9.19. The van der Waals surface area contributed by atoms with Gasteiger partial charge >= 0.3 is 0 Å². The van der Waals surface area contributed by atoms with Crippen LogP contribution >= 0.6 is 0 Å². The standard InChI is InChI=1S/C35H41N3O6/c1-20(2)13-15-44-27-11-9-24(19-29(27)43-7)34-31-32(30-22(4)16-21(3)17-25(30)39)36-37-33(31)35(40)38(34)14-12-23-8-10-26(41-5)28(18-23)42-6/h8-11,16-20,34,39H,12-15H2,1-7H3,(H,36,37). The number of rotatable bonds is 12. The van der Waals surface area contributed by atoms with Crippen LogP contribution in [0.1, 0.15) is 64.6 Å². The van der Waals surface area contributed by atoms with Crippen LogP contribution in [-0.2, 0) is 6.42 Å². The van der Waals surface area contributed by atoms with E-state index in [2.05, 4.69) is 24.0 Å². The summed E-state index contributed by atoms with van der Waals surface area (Å²) in [6, 6.07) is 14.8. The van der Waals surface area contributed by atoms with E-state index in [0.717, 1.165) is 34.2 Å². The number of aromatic hydroxyl groups is 1. The molecule has 1 unspecified atom stereocenters. The second-order valence-electron chi connectivity index (χ2n) is 11.6. The number of carbonyl (C=O) groups excluding carboxylic acids is 1. The molecule has 0 saturated heterocycles. The number of nitrogens with one attached hydrogen (secondary N) is 1. The largest absolute Gasteiger partial charge is 0.507 e. The molecule has 5 rings (SSSR count). The van der Waals surface area contributed by atoms with Crippen molar-refractivity contribution in [1.82, 2.24) is 15.1 Å². The van der Waals surface area contributed by atoms with E-state index < -0.39 is 6.04 Å². The second-order valence-corrected chi connectivity index (χ2v) is 11.6. The summed E-state index contributed by atoms with van der Waals surface area (Å²) in [4.78, 5) is 15.9. The smallest absolute Gasteiger partial charge is 0.273 e. The zero-order chi connectivity index (χ0) is 31.5. The van der Waals surface area contributed by atoms with Gasteiger partial charge in [0.05, 0.1) is 34.0 Å². The van der Waals surface area contributed by atoms with Gasteiger partial charge in [-0.2, -0.15) is 5.10 Å². The minimum atomic E-state index is -0.481. The number of carbonyl (C=O) groups is 1. The van der Waals surface area contributed by atoms with E-state index >= 15 is 0 Å². The third-order valence-electron chi connectivity index (χ3n) is 8.11. The molecule has 2 heterocycles. The number of amides is 1. The molecule has 3 aromatic carbocycles. The zero-order valence-electron chi connectivity index (χ0n) is 26.5. The third-order valence-corrected chi connectivity index (χ3v) is 8.11. The number of nitrogens with zero attached hydrogens (tertiary/aromatic N) is 2. The number of benzene rings is 3. The van der Waals surface area contributed by atoms with Crippen molar-refractivity contribution in [3.8, 4) is 40.0 Å². The highest BCUT2D eigenvalue weighted by Crippen LogP contribution is 2.47. The van der Waals surface area contributed by atoms with Gasteiger partial charge in [-0.25, -0.2) is 0 Å². The Hall–Kier alpha value is -4.66. The molecule has 1 aliphatic rings. The molecule has 0 radical (unpaired) electrons. The minimum absolute atomic E-state index is 0.123. The molecule has 0 spiro atoms. The first-order valence-corrected chi connectivity index (χ1v) is 14.9. The number of phenolic OH excluding ortho intramolecular Hbond substituents is 1. The van der Waals surface area contributed by atoms with E-state index in [0.29, 0.717) is 65.4 Å². The Kier molecular flexibility index (Phi) is 9.04. The SMILES string of the molecule is COc1ccc(CCN2C(=O)c3[nH]nc(-c4c(C)cc(C)cc4O)c3C2c2ccc(OCCC(C)C)c(OC)c2)cc1OC. The lowest BCUT2D eigenvalue weighted by Crippen LogP contribution is -2.31. The Bertz CT molecular complexity index is 1640. The number of fused-ring (bicyclic) bond motifs is 1. The Labute approximate surface area is 258 Å². The first kappa shape index (κ1) is 30.8. The van der Waals surface area contributed by atoms with E-state index in [1.54, 1.807) is 27.4 Å². The second kappa shape index (κ2) is 12.9. The average molecular weight is 600 g/mol. The van der Waals surface area contributed by atoms with Crippen LogP contribution in [0.4, 0.5) is 0 Å². The predicted octanol–water partition coefficient (Wildman–Crippen LogP) is 6.64. The summed E-state index contributed by atoms with van der Waals surface area (Å²) in [5.41, 5.74) is 5.96. The molecule has 2 N–H and O–H groups in total. The molecule has 0 saturated carbocycles. The van der Waals surface area contributed by atoms with Gasteiger partial charge in [-0.1, -0.05) is 32.0 Å². The summed E-state index contributed by atoms with van der Waals surface area (Å²) in [5, 5.41) is 18.6. The lowest BCUT2D eigenvalue weighted by molar-refractivity contribution is 0.0745. The monoisotopic (exact) mass is 599 g/mol. The molecule has 0 aliphatic carbocycles. The maximum Gasteiger partial charge on any atom is 0.273 e. The van der Waals surface area contributed by atoms with E-state index in [4.69, 9.17) is 18.9 Å². The van der Waals surface area contributed by atoms with Crippen LogP contribution in [0, 0.1) is 19.8 Å². The summed E-state index contributed by atoms with van der Waals surface area (Å²) in [5.74, 6) is 3.00. The molecule has 1 aliphatic heterocycles. The predicted molar refractivity (Wildman–Crippen MR) is 169 cm³/mol. The van der Waals surface area contributed by atoms with Gasteiger partial charge in [0.15, 0.2) is 23.0 Å². The van der Waals surface area contributed by atoms with Gasteiger partial charge in [0.25, 0.3) is 5.91 Å². The fourth-order valence-corrected chi connectivity index (χ4v) is 5.88. The van der Waals surface area contributed by atoms with Crippen molar-refractivity contribution in [3.63, 3.8) is 0 Å². The van der Waals surface area contributed by atoms with E-state index in [1.165, 1.54) is 0 Å². The topological polar surface area (TPSA) is 106 Å². The molecule has 44 heavy (non-hydrogen) atoms. The number of hydrogen-bond acceptors (Lipinski definition) is 7. The highest BCUT2D eigenvalue weighted by atomic mass is 16.5. The minimum Gasteiger partial charge on any atom is -0.507 e. The third kappa shape index (κ3) is 5.91. The van der Waals surface area contributed by atoms with Gasteiger partial charge in [0.2, 0.25) is 0 Å². The van der Waals surface area contributed by atoms with Crippen molar-refractivity contribution in [2.45, 2.75) is 46.6 Å². The van der Waals surface area contributed by atoms with Crippen molar-refractivity contribution >= 4 is 5.91 Å². The highest BCUT2D eigenvalue weighted by molar-refractivity contribution is 6.00. The first-order valence-electron chi connectivity index (χ1n) is 14.9. The first-order chi connectivity index (χ1) is 21.2. The Morgan fingerprint density at radius 3 is 2.32 bits per heavy atom. The zero-order valence-corrected chi connectivity index (χ0v) is 26.5. The van der Waals surface area contributed by atoms with Crippen LogP contribution in [0.2, 0.25) is 0 Å². The van der Waals surface area contributed by atoms with E-state index in [9.17, 15) is 9.90 Å². The normalized spacial score (nSPS) is 14.2. The van der Waals surface area contributed by atoms with Gasteiger partial charge in [0.1, 0.15) is 17.1 Å². The van der Waals surface area contributed by atoms with E-state index in [1.807, 2.05) is 61.2 Å². The number of hydrogen-bond donors (Lipinski definition) is 2. The van der Waals surface area contributed by atoms with Crippen LogP contribution in [0.25, 0.3) is 11.3 Å². The van der Waals surface area contributed by atoms with Crippen LogP contribution in [0.15, 0.2) is 48.5 Å².